The van der Waals surface area contributed by atoms with Gasteiger partial charge in [0.05, 0.1) is 11.4 Å². The normalized spacial score (nSPS) is 16.2. The van der Waals surface area contributed by atoms with Gasteiger partial charge in [-0.25, -0.2) is 8.42 Å². The minimum atomic E-state index is -3.82. The maximum atomic E-state index is 13.7. The first-order valence-electron chi connectivity index (χ1n) is 12.8. The average Bonchev–Trinajstić information content (AvgIpc) is 3.43. The largest absolute Gasteiger partial charge is 0.486 e. The number of nitrogens with zero attached hydrogens (tertiary/aromatic N) is 2. The van der Waals surface area contributed by atoms with E-state index in [9.17, 15) is 18.0 Å². The fraction of sp³-hybridized carbons (Fsp3) is 0.481. The molecule has 1 aliphatic heterocycles. The van der Waals surface area contributed by atoms with Gasteiger partial charge in [-0.05, 0) is 44.4 Å². The van der Waals surface area contributed by atoms with Crippen LogP contribution in [0.4, 0.5) is 5.69 Å². The Balaban J connectivity index is 1.61. The molecule has 37 heavy (non-hydrogen) atoms. The molecule has 10 heteroatoms. The molecule has 4 rings (SSSR count). The topological polar surface area (TPSA) is 105 Å². The number of hydrogen-bond acceptors (Lipinski definition) is 6. The van der Waals surface area contributed by atoms with Crippen LogP contribution in [0.3, 0.4) is 0 Å². The summed E-state index contributed by atoms with van der Waals surface area (Å²) < 4.78 is 38.5. The Hall–Kier alpha value is -3.27. The first-order valence-corrected chi connectivity index (χ1v) is 14.4. The molecule has 1 saturated carbocycles. The molecular formula is C27H35N3O6S. The van der Waals surface area contributed by atoms with Crippen LogP contribution in [-0.2, 0) is 26.2 Å². The van der Waals surface area contributed by atoms with E-state index in [1.54, 1.807) is 25.1 Å². The van der Waals surface area contributed by atoms with Crippen LogP contribution in [0.2, 0.25) is 0 Å². The van der Waals surface area contributed by atoms with Gasteiger partial charge < -0.3 is 19.7 Å². The predicted octanol–water partition coefficient (Wildman–Crippen LogP) is 3.09. The quantitative estimate of drug-likeness (QED) is 0.507. The Morgan fingerprint density at radius 2 is 1.70 bits per heavy atom. The van der Waals surface area contributed by atoms with Crippen molar-refractivity contribution in [3.05, 3.63) is 54.1 Å². The maximum absolute atomic E-state index is 13.7. The molecule has 9 nitrogen and oxygen atoms in total. The molecule has 200 valence electrons. The van der Waals surface area contributed by atoms with E-state index in [4.69, 9.17) is 9.47 Å². The number of benzene rings is 2. The zero-order valence-corrected chi connectivity index (χ0v) is 22.2. The molecule has 0 spiro atoms. The van der Waals surface area contributed by atoms with Crippen molar-refractivity contribution in [2.24, 2.45) is 0 Å². The summed E-state index contributed by atoms with van der Waals surface area (Å²) in [5.74, 6) is 0.0618. The number of carbonyl (C=O) groups is 2. The van der Waals surface area contributed by atoms with Crippen molar-refractivity contribution in [3.63, 3.8) is 0 Å². The number of anilines is 1. The first kappa shape index (κ1) is 26.8. The van der Waals surface area contributed by atoms with E-state index in [1.165, 1.54) is 11.8 Å². The summed E-state index contributed by atoms with van der Waals surface area (Å²) >= 11 is 0. The molecule has 2 aromatic carbocycles. The molecule has 2 aliphatic rings. The van der Waals surface area contributed by atoms with Crippen LogP contribution in [0.15, 0.2) is 48.5 Å². The molecule has 1 aliphatic carbocycles. The lowest BCUT2D eigenvalue weighted by molar-refractivity contribution is -0.139. The molecule has 0 bridgehead atoms. The standard InChI is InChI=1S/C27H35N3O6S/c1-3-37(33,34)30(23-13-14-24-25(17-23)36-16-15-35-24)19-26(31)29(18-21-9-5-4-6-10-21)20(2)27(32)28-22-11-7-8-12-22/h4-6,9-10,13-14,17,20,22H,3,7-8,11-12,15-16,18-19H2,1-2H3,(H,28,32)/t20-/m0/s1. The van der Waals surface area contributed by atoms with Gasteiger partial charge in [-0.3, -0.25) is 13.9 Å². The summed E-state index contributed by atoms with van der Waals surface area (Å²) in [6.07, 6.45) is 4.01. The second kappa shape index (κ2) is 11.9. The minimum absolute atomic E-state index is 0.110. The van der Waals surface area contributed by atoms with E-state index in [2.05, 4.69) is 5.32 Å². The Kier molecular flexibility index (Phi) is 8.58. The van der Waals surface area contributed by atoms with Gasteiger partial charge >= 0.3 is 0 Å². The van der Waals surface area contributed by atoms with Crippen LogP contribution in [0.1, 0.15) is 45.1 Å². The fourth-order valence-corrected chi connectivity index (χ4v) is 5.72. The summed E-state index contributed by atoms with van der Waals surface area (Å²) in [7, 11) is -3.82. The molecule has 2 amide bonds. The summed E-state index contributed by atoms with van der Waals surface area (Å²) in [4.78, 5) is 28.3. The number of ether oxygens (including phenoxy) is 2. The van der Waals surface area contributed by atoms with Gasteiger partial charge in [-0.1, -0.05) is 43.2 Å². The molecule has 1 N–H and O–H groups in total. The van der Waals surface area contributed by atoms with Crippen molar-refractivity contribution in [1.82, 2.24) is 10.2 Å². The molecule has 1 heterocycles. The lowest BCUT2D eigenvalue weighted by atomic mass is 10.1. The first-order chi connectivity index (χ1) is 17.8. The van der Waals surface area contributed by atoms with Gasteiger partial charge in [0, 0.05) is 18.7 Å². The Morgan fingerprint density at radius 3 is 2.38 bits per heavy atom. The van der Waals surface area contributed by atoms with E-state index in [1.807, 2.05) is 30.3 Å². The third kappa shape index (κ3) is 6.54. The lowest BCUT2D eigenvalue weighted by Gasteiger charge is -2.32. The monoisotopic (exact) mass is 529 g/mol. The van der Waals surface area contributed by atoms with Crippen LogP contribution >= 0.6 is 0 Å². The van der Waals surface area contributed by atoms with Crippen molar-refractivity contribution in [2.45, 2.75) is 58.2 Å². The van der Waals surface area contributed by atoms with Crippen molar-refractivity contribution >= 4 is 27.5 Å². The SMILES string of the molecule is CCS(=O)(=O)N(CC(=O)N(Cc1ccccc1)[C@@H](C)C(=O)NC1CCCC1)c1ccc2c(c1)OCCO2. The third-order valence-corrected chi connectivity index (χ3v) is 8.60. The molecule has 0 unspecified atom stereocenters. The number of amides is 2. The highest BCUT2D eigenvalue weighted by Crippen LogP contribution is 2.35. The number of nitrogens with one attached hydrogen (secondary N) is 1. The maximum Gasteiger partial charge on any atom is 0.244 e. The Morgan fingerprint density at radius 1 is 1.03 bits per heavy atom. The lowest BCUT2D eigenvalue weighted by Crippen LogP contribution is -2.52. The number of hydrogen-bond donors (Lipinski definition) is 1. The predicted molar refractivity (Wildman–Crippen MR) is 141 cm³/mol. The number of carbonyl (C=O) groups excluding carboxylic acids is 2. The van der Waals surface area contributed by atoms with E-state index < -0.39 is 28.5 Å². The smallest absolute Gasteiger partial charge is 0.244 e. The van der Waals surface area contributed by atoms with Gasteiger partial charge in [0.15, 0.2) is 11.5 Å². The summed E-state index contributed by atoms with van der Waals surface area (Å²) in [5, 5.41) is 3.07. The van der Waals surface area contributed by atoms with E-state index in [-0.39, 0.29) is 24.2 Å². The summed E-state index contributed by atoms with van der Waals surface area (Å²) in [6, 6.07) is 13.5. The Bertz CT molecular complexity index is 1200. The minimum Gasteiger partial charge on any atom is -0.486 e. The van der Waals surface area contributed by atoms with E-state index >= 15 is 0 Å². The number of fused-ring (bicyclic) bond motifs is 1. The average molecular weight is 530 g/mol. The van der Waals surface area contributed by atoms with Crippen LogP contribution in [-0.4, -0.2) is 62.7 Å². The number of sulfonamides is 1. The van der Waals surface area contributed by atoms with Crippen molar-refractivity contribution in [3.8, 4) is 11.5 Å². The van der Waals surface area contributed by atoms with Crippen molar-refractivity contribution in [2.75, 3.05) is 29.8 Å². The highest BCUT2D eigenvalue weighted by atomic mass is 32.2. The molecular weight excluding hydrogens is 494 g/mol. The highest BCUT2D eigenvalue weighted by Gasteiger charge is 2.32. The van der Waals surface area contributed by atoms with Gasteiger partial charge in [0.1, 0.15) is 25.8 Å². The second-order valence-corrected chi connectivity index (χ2v) is 11.6. The molecule has 1 atom stereocenters. The molecule has 2 aromatic rings. The van der Waals surface area contributed by atoms with Gasteiger partial charge in [-0.15, -0.1) is 0 Å². The Labute approximate surface area is 218 Å². The van der Waals surface area contributed by atoms with Crippen molar-refractivity contribution in [1.29, 1.82) is 0 Å². The second-order valence-electron chi connectivity index (χ2n) is 9.41. The van der Waals surface area contributed by atoms with Crippen LogP contribution in [0, 0.1) is 0 Å². The summed E-state index contributed by atoms with van der Waals surface area (Å²) in [5.41, 5.74) is 1.16. The van der Waals surface area contributed by atoms with E-state index in [0.29, 0.717) is 30.4 Å². The molecule has 0 radical (unpaired) electrons. The molecule has 0 aromatic heterocycles. The molecule has 1 fully saturated rings. The highest BCUT2D eigenvalue weighted by molar-refractivity contribution is 7.92. The fourth-order valence-electron chi connectivity index (χ4n) is 4.66. The van der Waals surface area contributed by atoms with E-state index in [0.717, 1.165) is 35.6 Å². The van der Waals surface area contributed by atoms with Crippen LogP contribution in [0.25, 0.3) is 0 Å². The van der Waals surface area contributed by atoms with Crippen LogP contribution < -0.4 is 19.1 Å². The van der Waals surface area contributed by atoms with Crippen LogP contribution in [0.5, 0.6) is 11.5 Å². The third-order valence-electron chi connectivity index (χ3n) is 6.86. The van der Waals surface area contributed by atoms with Gasteiger partial charge in [0.25, 0.3) is 0 Å². The van der Waals surface area contributed by atoms with Gasteiger partial charge in [-0.2, -0.15) is 0 Å². The van der Waals surface area contributed by atoms with Crippen molar-refractivity contribution < 1.29 is 27.5 Å². The zero-order valence-electron chi connectivity index (χ0n) is 21.4. The summed E-state index contributed by atoms with van der Waals surface area (Å²) in [6.45, 7) is 3.73. The van der Waals surface area contributed by atoms with Gasteiger partial charge in [0.2, 0.25) is 21.8 Å². The molecule has 0 saturated heterocycles. The zero-order chi connectivity index (χ0) is 26.4. The number of rotatable bonds is 10.